The first kappa shape index (κ1) is 17.7. The molecule has 3 rings (SSSR count). The summed E-state index contributed by atoms with van der Waals surface area (Å²) in [5.74, 6) is 2.86. The molecule has 6 heteroatoms. The zero-order valence-corrected chi connectivity index (χ0v) is 15.1. The standard InChI is InChI=1S/C20H23N5O/c1-3-4-14-25(2)19-15-21-24-20(23-19)22-16-10-12-18(13-11-16)26-17-8-6-5-7-9-17/h5-13,15H,3-4,14H2,1-2H3,(H,22,23,24). The van der Waals surface area contributed by atoms with Crippen molar-refractivity contribution in [2.24, 2.45) is 0 Å². The smallest absolute Gasteiger partial charge is 0.249 e. The molecule has 0 unspecified atom stereocenters. The average molecular weight is 349 g/mol. The van der Waals surface area contributed by atoms with Gasteiger partial charge in [0, 0.05) is 19.3 Å². The van der Waals surface area contributed by atoms with Gasteiger partial charge < -0.3 is 15.0 Å². The van der Waals surface area contributed by atoms with Crippen LogP contribution in [0.2, 0.25) is 0 Å². The van der Waals surface area contributed by atoms with Crippen molar-refractivity contribution in [3.05, 3.63) is 60.8 Å². The third-order valence-corrected chi connectivity index (χ3v) is 3.87. The predicted molar refractivity (Wildman–Crippen MR) is 104 cm³/mol. The minimum absolute atomic E-state index is 0.475. The van der Waals surface area contributed by atoms with Gasteiger partial charge in [-0.1, -0.05) is 31.5 Å². The molecule has 134 valence electrons. The van der Waals surface area contributed by atoms with E-state index in [9.17, 15) is 0 Å². The van der Waals surface area contributed by atoms with Crippen LogP contribution in [0.4, 0.5) is 17.5 Å². The summed E-state index contributed by atoms with van der Waals surface area (Å²) in [7, 11) is 2.01. The Morgan fingerprint density at radius 3 is 2.46 bits per heavy atom. The number of unbranched alkanes of at least 4 members (excludes halogenated alkanes) is 1. The molecular weight excluding hydrogens is 326 g/mol. The maximum atomic E-state index is 5.79. The van der Waals surface area contributed by atoms with E-state index in [2.05, 4.69) is 32.3 Å². The summed E-state index contributed by atoms with van der Waals surface area (Å²) in [5, 5.41) is 11.3. The van der Waals surface area contributed by atoms with Crippen molar-refractivity contribution < 1.29 is 4.74 Å². The highest BCUT2D eigenvalue weighted by Gasteiger charge is 2.06. The highest BCUT2D eigenvalue weighted by molar-refractivity contribution is 5.55. The molecule has 1 aromatic heterocycles. The number of nitrogens with zero attached hydrogens (tertiary/aromatic N) is 4. The molecule has 0 radical (unpaired) electrons. The van der Waals surface area contributed by atoms with Gasteiger partial charge in [-0.3, -0.25) is 0 Å². The topological polar surface area (TPSA) is 63.2 Å². The van der Waals surface area contributed by atoms with Gasteiger partial charge in [0.05, 0.1) is 6.20 Å². The van der Waals surface area contributed by atoms with E-state index in [1.807, 2.05) is 61.6 Å². The average Bonchev–Trinajstić information content (AvgIpc) is 2.69. The number of hydrogen-bond donors (Lipinski definition) is 1. The fourth-order valence-corrected chi connectivity index (χ4v) is 2.40. The van der Waals surface area contributed by atoms with Gasteiger partial charge in [0.15, 0.2) is 5.82 Å². The number of rotatable bonds is 8. The van der Waals surface area contributed by atoms with Crippen LogP contribution >= 0.6 is 0 Å². The predicted octanol–water partition coefficient (Wildman–Crippen LogP) is 4.64. The zero-order chi connectivity index (χ0) is 18.2. The molecule has 0 aliphatic rings. The van der Waals surface area contributed by atoms with Gasteiger partial charge in [0.25, 0.3) is 0 Å². The van der Waals surface area contributed by atoms with Crippen molar-refractivity contribution in [2.75, 3.05) is 23.8 Å². The van der Waals surface area contributed by atoms with E-state index >= 15 is 0 Å². The number of ether oxygens (including phenoxy) is 1. The minimum Gasteiger partial charge on any atom is -0.457 e. The van der Waals surface area contributed by atoms with E-state index in [1.165, 1.54) is 0 Å². The number of aromatic nitrogens is 3. The summed E-state index contributed by atoms with van der Waals surface area (Å²) < 4.78 is 5.79. The first-order chi connectivity index (χ1) is 12.7. The van der Waals surface area contributed by atoms with Crippen LogP contribution in [0.1, 0.15) is 19.8 Å². The fourth-order valence-electron chi connectivity index (χ4n) is 2.40. The van der Waals surface area contributed by atoms with Gasteiger partial charge in [0.2, 0.25) is 5.95 Å². The van der Waals surface area contributed by atoms with Crippen molar-refractivity contribution in [2.45, 2.75) is 19.8 Å². The quantitative estimate of drug-likeness (QED) is 0.639. The van der Waals surface area contributed by atoms with Crippen molar-refractivity contribution in [3.63, 3.8) is 0 Å². The molecule has 0 aliphatic heterocycles. The summed E-state index contributed by atoms with van der Waals surface area (Å²) in [5.41, 5.74) is 0.876. The Bertz CT molecular complexity index is 808. The Morgan fingerprint density at radius 2 is 1.73 bits per heavy atom. The summed E-state index contributed by atoms with van der Waals surface area (Å²) in [6.07, 6.45) is 3.94. The molecule has 1 heterocycles. The number of anilines is 3. The van der Waals surface area contributed by atoms with Crippen LogP contribution in [0.5, 0.6) is 11.5 Å². The monoisotopic (exact) mass is 349 g/mol. The number of para-hydroxylation sites is 1. The lowest BCUT2D eigenvalue weighted by atomic mass is 10.3. The SMILES string of the molecule is CCCCN(C)c1cnnc(Nc2ccc(Oc3ccccc3)cc2)n1. The molecule has 0 bridgehead atoms. The molecule has 3 aromatic rings. The first-order valence-electron chi connectivity index (χ1n) is 8.75. The van der Waals surface area contributed by atoms with E-state index in [1.54, 1.807) is 6.20 Å². The summed E-state index contributed by atoms with van der Waals surface area (Å²) in [6, 6.07) is 17.4. The second kappa shape index (κ2) is 8.80. The zero-order valence-electron chi connectivity index (χ0n) is 15.1. The third kappa shape index (κ3) is 4.92. The van der Waals surface area contributed by atoms with E-state index in [-0.39, 0.29) is 0 Å². The molecular formula is C20H23N5O. The highest BCUT2D eigenvalue weighted by Crippen LogP contribution is 2.23. The molecule has 26 heavy (non-hydrogen) atoms. The Morgan fingerprint density at radius 1 is 1.00 bits per heavy atom. The summed E-state index contributed by atoms with van der Waals surface area (Å²) in [6.45, 7) is 3.12. The van der Waals surface area contributed by atoms with Gasteiger partial charge >= 0.3 is 0 Å². The third-order valence-electron chi connectivity index (χ3n) is 3.87. The second-order valence-corrected chi connectivity index (χ2v) is 5.98. The van der Waals surface area contributed by atoms with Crippen LogP contribution in [-0.2, 0) is 0 Å². The molecule has 0 amide bonds. The molecule has 0 aliphatic carbocycles. The van der Waals surface area contributed by atoms with Gasteiger partial charge in [-0.15, -0.1) is 5.10 Å². The normalized spacial score (nSPS) is 10.4. The van der Waals surface area contributed by atoms with Gasteiger partial charge in [-0.05, 0) is 42.8 Å². The van der Waals surface area contributed by atoms with Gasteiger partial charge in [0.1, 0.15) is 11.5 Å². The van der Waals surface area contributed by atoms with Gasteiger partial charge in [-0.25, -0.2) is 0 Å². The molecule has 0 spiro atoms. The number of benzene rings is 2. The largest absolute Gasteiger partial charge is 0.457 e. The van der Waals surface area contributed by atoms with Crippen LogP contribution in [-0.4, -0.2) is 28.8 Å². The molecule has 0 atom stereocenters. The first-order valence-corrected chi connectivity index (χ1v) is 8.75. The van der Waals surface area contributed by atoms with Crippen LogP contribution < -0.4 is 15.0 Å². The lowest BCUT2D eigenvalue weighted by Crippen LogP contribution is -2.20. The van der Waals surface area contributed by atoms with E-state index < -0.39 is 0 Å². The van der Waals surface area contributed by atoms with Gasteiger partial charge in [-0.2, -0.15) is 10.1 Å². The van der Waals surface area contributed by atoms with Crippen molar-refractivity contribution in [1.29, 1.82) is 0 Å². The Kier molecular flexibility index (Phi) is 5.98. The van der Waals surface area contributed by atoms with E-state index in [0.717, 1.165) is 42.4 Å². The Hall–Kier alpha value is -3.15. The van der Waals surface area contributed by atoms with Crippen LogP contribution in [0.25, 0.3) is 0 Å². The lowest BCUT2D eigenvalue weighted by Gasteiger charge is -2.17. The molecule has 0 saturated heterocycles. The van der Waals surface area contributed by atoms with Crippen LogP contribution in [0, 0.1) is 0 Å². The Labute approximate surface area is 153 Å². The molecule has 0 saturated carbocycles. The number of nitrogens with one attached hydrogen (secondary N) is 1. The van der Waals surface area contributed by atoms with E-state index in [0.29, 0.717) is 5.95 Å². The van der Waals surface area contributed by atoms with E-state index in [4.69, 9.17) is 4.74 Å². The van der Waals surface area contributed by atoms with Crippen molar-refractivity contribution >= 4 is 17.5 Å². The Balaban J connectivity index is 1.64. The maximum absolute atomic E-state index is 5.79. The van der Waals surface area contributed by atoms with Crippen LogP contribution in [0.15, 0.2) is 60.8 Å². The highest BCUT2D eigenvalue weighted by atomic mass is 16.5. The summed E-state index contributed by atoms with van der Waals surface area (Å²) in [4.78, 5) is 6.60. The van der Waals surface area contributed by atoms with Crippen LogP contribution in [0.3, 0.4) is 0 Å². The molecule has 1 N–H and O–H groups in total. The molecule has 2 aromatic carbocycles. The molecule has 0 fully saturated rings. The fraction of sp³-hybridized carbons (Fsp3) is 0.250. The lowest BCUT2D eigenvalue weighted by molar-refractivity contribution is 0.483. The number of hydrogen-bond acceptors (Lipinski definition) is 6. The molecule has 6 nitrogen and oxygen atoms in total. The second-order valence-electron chi connectivity index (χ2n) is 5.98. The summed E-state index contributed by atoms with van der Waals surface area (Å²) >= 11 is 0. The maximum Gasteiger partial charge on any atom is 0.249 e. The minimum atomic E-state index is 0.475. The van der Waals surface area contributed by atoms with Crippen molar-refractivity contribution in [1.82, 2.24) is 15.2 Å². The van der Waals surface area contributed by atoms with Crippen molar-refractivity contribution in [3.8, 4) is 11.5 Å².